The van der Waals surface area contributed by atoms with Gasteiger partial charge in [-0.15, -0.1) is 0 Å². The first-order valence-electron chi connectivity index (χ1n) is 7.57. The molecule has 0 radical (unpaired) electrons. The van der Waals surface area contributed by atoms with Gasteiger partial charge in [0, 0.05) is 0 Å². The Labute approximate surface area is 146 Å². The Morgan fingerprint density at radius 1 is 0.565 bits per heavy atom. The van der Waals surface area contributed by atoms with Gasteiger partial charge in [0.2, 0.25) is 0 Å². The molecule has 0 atom stereocenters. The monoisotopic (exact) mass is 436 g/mol. The van der Waals surface area contributed by atoms with Crippen LogP contribution >= 0.6 is 0 Å². The summed E-state index contributed by atoms with van der Waals surface area (Å²) in [6.07, 6.45) is 0. The van der Waals surface area contributed by atoms with E-state index in [0.717, 1.165) is 0 Å². The first-order chi connectivity index (χ1) is 11.3. The minimum absolute atomic E-state index is 0.139. The van der Waals surface area contributed by atoms with Gasteiger partial charge in [0.1, 0.15) is 0 Å². The van der Waals surface area contributed by atoms with Crippen LogP contribution in [0.3, 0.4) is 0 Å². The Balaban J connectivity index is 1.36. The van der Waals surface area contributed by atoms with Crippen LogP contribution in [-0.4, -0.2) is 57.1 Å². The zero-order chi connectivity index (χ0) is 15.5. The normalized spacial score (nSPS) is 31.1. The van der Waals surface area contributed by atoms with E-state index >= 15 is 0 Å². The van der Waals surface area contributed by atoms with E-state index < -0.39 is 30.7 Å². The zero-order valence-electron chi connectivity index (χ0n) is 12.6. The summed E-state index contributed by atoms with van der Waals surface area (Å²) in [4.78, 5) is 0. The topological polar surface area (TPSA) is 36.9 Å². The summed E-state index contributed by atoms with van der Waals surface area (Å²) in [7, 11) is 0. The molecule has 0 bridgehead atoms. The second-order valence-corrected chi connectivity index (χ2v) is 12.3. The molecule has 2 saturated heterocycles. The molecule has 0 amide bonds. The van der Waals surface area contributed by atoms with Gasteiger partial charge in [-0.25, -0.2) is 0 Å². The summed E-state index contributed by atoms with van der Waals surface area (Å²) >= 11 is -3.66. The fourth-order valence-corrected chi connectivity index (χ4v) is 9.09. The first-order valence-corrected chi connectivity index (χ1v) is 12.5. The van der Waals surface area contributed by atoms with Crippen LogP contribution in [0.5, 0.6) is 0 Å². The molecule has 0 aromatic heterocycles. The van der Waals surface area contributed by atoms with Crippen molar-refractivity contribution < 1.29 is 14.9 Å². The standard InChI is InChI=1S/C17H18As2O4/c1-3-7-15(8-4-1)18-20-11-17(12-21-18)13-22-19(23-14-17)16-9-5-2-6-10-16/h1-10H,11-14H2. The molecular formula is C17H18As2O4. The van der Waals surface area contributed by atoms with Crippen molar-refractivity contribution in [1.82, 2.24) is 0 Å². The molecule has 120 valence electrons. The number of benzene rings is 2. The maximum atomic E-state index is 6.08. The maximum absolute atomic E-state index is 6.08. The molecule has 1 spiro atoms. The van der Waals surface area contributed by atoms with Gasteiger partial charge in [-0.2, -0.15) is 0 Å². The van der Waals surface area contributed by atoms with Crippen molar-refractivity contribution in [1.29, 1.82) is 0 Å². The molecule has 0 saturated carbocycles. The van der Waals surface area contributed by atoms with Crippen LogP contribution in [-0.2, 0) is 14.9 Å². The van der Waals surface area contributed by atoms with Gasteiger partial charge in [-0.1, -0.05) is 0 Å². The van der Waals surface area contributed by atoms with Gasteiger partial charge >= 0.3 is 147 Å². The summed E-state index contributed by atoms with van der Waals surface area (Å²) in [5, 5.41) is 0. The number of hydrogen-bond donors (Lipinski definition) is 0. The van der Waals surface area contributed by atoms with Crippen LogP contribution in [0.4, 0.5) is 0 Å². The summed E-state index contributed by atoms with van der Waals surface area (Å²) in [6.45, 7) is 2.66. The van der Waals surface area contributed by atoms with E-state index in [1.54, 1.807) is 0 Å². The van der Waals surface area contributed by atoms with Crippen molar-refractivity contribution in [2.45, 2.75) is 0 Å². The van der Waals surface area contributed by atoms with Crippen molar-refractivity contribution in [2.24, 2.45) is 5.41 Å². The third-order valence-corrected chi connectivity index (χ3v) is 9.96. The zero-order valence-corrected chi connectivity index (χ0v) is 16.4. The molecule has 2 aliphatic rings. The van der Waals surface area contributed by atoms with Crippen molar-refractivity contribution in [3.63, 3.8) is 0 Å². The van der Waals surface area contributed by atoms with Crippen molar-refractivity contribution >= 4 is 39.4 Å². The van der Waals surface area contributed by atoms with Crippen LogP contribution < -0.4 is 8.70 Å². The van der Waals surface area contributed by atoms with E-state index in [2.05, 4.69) is 24.3 Å². The molecule has 0 unspecified atom stereocenters. The minimum atomic E-state index is -1.83. The van der Waals surface area contributed by atoms with Crippen molar-refractivity contribution in [2.75, 3.05) is 26.4 Å². The average Bonchev–Trinajstić information content (AvgIpc) is 2.65. The molecule has 6 heteroatoms. The molecular weight excluding hydrogens is 418 g/mol. The van der Waals surface area contributed by atoms with Gasteiger partial charge in [-0.3, -0.25) is 0 Å². The third kappa shape index (κ3) is 3.58. The Morgan fingerprint density at radius 3 is 1.26 bits per heavy atom. The molecule has 0 aliphatic carbocycles. The molecule has 0 N–H and O–H groups in total. The predicted molar refractivity (Wildman–Crippen MR) is 89.9 cm³/mol. The summed E-state index contributed by atoms with van der Waals surface area (Å²) in [6, 6.07) is 20.5. The third-order valence-electron chi connectivity index (χ3n) is 3.89. The Kier molecular flexibility index (Phi) is 4.91. The van der Waals surface area contributed by atoms with Crippen LogP contribution in [0.1, 0.15) is 0 Å². The Morgan fingerprint density at radius 2 is 0.913 bits per heavy atom. The van der Waals surface area contributed by atoms with E-state index in [1.807, 2.05) is 36.4 Å². The number of hydrogen-bond acceptors (Lipinski definition) is 4. The Hall–Kier alpha value is -0.603. The molecule has 4 nitrogen and oxygen atoms in total. The second kappa shape index (κ2) is 7.10. The van der Waals surface area contributed by atoms with E-state index in [4.69, 9.17) is 14.9 Å². The fraction of sp³-hybridized carbons (Fsp3) is 0.294. The van der Waals surface area contributed by atoms with E-state index in [1.165, 1.54) is 8.70 Å². The van der Waals surface area contributed by atoms with Crippen LogP contribution in [0.15, 0.2) is 60.7 Å². The summed E-state index contributed by atoms with van der Waals surface area (Å²) in [5.41, 5.74) is -0.139. The molecule has 2 fully saturated rings. The molecule has 2 aliphatic heterocycles. The van der Waals surface area contributed by atoms with Gasteiger partial charge in [0.15, 0.2) is 0 Å². The number of rotatable bonds is 2. The predicted octanol–water partition coefficient (Wildman–Crippen LogP) is 0.857. The molecule has 2 heterocycles. The van der Waals surface area contributed by atoms with Crippen LogP contribution in [0.2, 0.25) is 0 Å². The average molecular weight is 436 g/mol. The fourth-order valence-electron chi connectivity index (χ4n) is 2.50. The molecule has 2 aromatic carbocycles. The van der Waals surface area contributed by atoms with Crippen LogP contribution in [0.25, 0.3) is 0 Å². The summed E-state index contributed by atoms with van der Waals surface area (Å²) in [5.74, 6) is 0. The van der Waals surface area contributed by atoms with E-state index in [-0.39, 0.29) is 5.41 Å². The summed E-state index contributed by atoms with van der Waals surface area (Å²) < 4.78 is 26.7. The SMILES string of the molecule is c1ccc([As]2OCC3(CO2)CO[As](c2ccccc2)OC3)cc1. The van der Waals surface area contributed by atoms with Crippen molar-refractivity contribution in [3.05, 3.63) is 60.7 Å². The van der Waals surface area contributed by atoms with Gasteiger partial charge in [0.25, 0.3) is 0 Å². The molecule has 4 rings (SSSR count). The quantitative estimate of drug-likeness (QED) is 0.655. The molecule has 23 heavy (non-hydrogen) atoms. The van der Waals surface area contributed by atoms with Gasteiger partial charge < -0.3 is 0 Å². The van der Waals surface area contributed by atoms with E-state index in [0.29, 0.717) is 26.4 Å². The first kappa shape index (κ1) is 15.9. The van der Waals surface area contributed by atoms with Crippen LogP contribution in [0, 0.1) is 5.41 Å². The van der Waals surface area contributed by atoms with Gasteiger partial charge in [0.05, 0.1) is 0 Å². The van der Waals surface area contributed by atoms with Gasteiger partial charge in [-0.05, 0) is 0 Å². The second-order valence-electron chi connectivity index (χ2n) is 5.78. The molecule has 2 aromatic rings. The van der Waals surface area contributed by atoms with Crippen molar-refractivity contribution in [3.8, 4) is 0 Å². The Bertz CT molecular complexity index is 561. The van der Waals surface area contributed by atoms with E-state index in [9.17, 15) is 0 Å².